The Morgan fingerprint density at radius 3 is 2.65 bits per heavy atom. The van der Waals surface area contributed by atoms with Crippen molar-refractivity contribution in [3.05, 3.63) is 46.2 Å². The average Bonchev–Trinajstić information content (AvgIpc) is 2.58. The van der Waals surface area contributed by atoms with Gasteiger partial charge in [-0.15, -0.1) is 0 Å². The summed E-state index contributed by atoms with van der Waals surface area (Å²) in [4.78, 5) is 8.06. The first-order chi connectivity index (χ1) is 11.1. The van der Waals surface area contributed by atoms with Gasteiger partial charge in [0.05, 0.1) is 5.02 Å². The normalized spacial score (nSPS) is 14.7. The van der Waals surface area contributed by atoms with Crippen LogP contribution in [0.1, 0.15) is 12.8 Å². The van der Waals surface area contributed by atoms with Gasteiger partial charge in [-0.3, -0.25) is 0 Å². The van der Waals surface area contributed by atoms with Crippen LogP contribution in [0.4, 0.5) is 11.6 Å². The van der Waals surface area contributed by atoms with E-state index < -0.39 is 0 Å². The van der Waals surface area contributed by atoms with Gasteiger partial charge in [-0.2, -0.15) is 0 Å². The number of hydrogen-bond acceptors (Lipinski definition) is 5. The fraction of sp³-hybridized carbons (Fsp3) is 0.375. The Balaban J connectivity index is 0.000000229. The van der Waals surface area contributed by atoms with Gasteiger partial charge < -0.3 is 15.8 Å². The third kappa shape index (κ3) is 6.72. The lowest BCUT2D eigenvalue weighted by molar-refractivity contribution is 0.0699. The predicted molar refractivity (Wildman–Crippen MR) is 97.6 cm³/mol. The molecule has 0 unspecified atom stereocenters. The van der Waals surface area contributed by atoms with E-state index in [1.54, 1.807) is 12.3 Å². The highest BCUT2D eigenvalue weighted by molar-refractivity contribution is 9.10. The predicted octanol–water partition coefficient (Wildman–Crippen LogP) is 4.00. The molecule has 2 aromatic rings. The minimum absolute atomic E-state index is 0.572. The summed E-state index contributed by atoms with van der Waals surface area (Å²) in [6.45, 7) is 2.64. The van der Waals surface area contributed by atoms with E-state index in [4.69, 9.17) is 22.1 Å². The molecule has 0 saturated carbocycles. The van der Waals surface area contributed by atoms with Gasteiger partial charge >= 0.3 is 0 Å². The van der Waals surface area contributed by atoms with Gasteiger partial charge in [-0.05, 0) is 59.0 Å². The van der Waals surface area contributed by atoms with Gasteiger partial charge in [-0.25, -0.2) is 9.97 Å². The lowest BCUT2D eigenvalue weighted by Crippen LogP contribution is -2.23. The second-order valence-corrected chi connectivity index (χ2v) is 6.38. The Labute approximate surface area is 149 Å². The Morgan fingerprint density at radius 1 is 1.26 bits per heavy atom. The van der Waals surface area contributed by atoms with Crippen LogP contribution in [0.15, 0.2) is 41.1 Å². The van der Waals surface area contributed by atoms with Crippen LogP contribution in [0.3, 0.4) is 0 Å². The number of nitrogen functional groups attached to an aromatic ring is 1. The molecule has 1 aliphatic heterocycles. The molecule has 1 saturated heterocycles. The molecule has 0 atom stereocenters. The van der Waals surface area contributed by atoms with Crippen molar-refractivity contribution in [2.75, 3.05) is 30.8 Å². The number of hydrogen-bond donors (Lipinski definition) is 2. The summed E-state index contributed by atoms with van der Waals surface area (Å²) in [6, 6.07) is 9.10. The van der Waals surface area contributed by atoms with Crippen molar-refractivity contribution in [3.8, 4) is 0 Å². The number of nitrogens with zero attached hydrogens (tertiary/aromatic N) is 2. The molecule has 0 radical (unpaired) electrons. The van der Waals surface area contributed by atoms with Crippen LogP contribution >= 0.6 is 27.5 Å². The molecular weight excluding hydrogens is 380 g/mol. The zero-order valence-corrected chi connectivity index (χ0v) is 15.1. The van der Waals surface area contributed by atoms with E-state index in [-0.39, 0.29) is 0 Å². The van der Waals surface area contributed by atoms with E-state index in [0.717, 1.165) is 43.0 Å². The van der Waals surface area contributed by atoms with Crippen molar-refractivity contribution in [1.82, 2.24) is 9.97 Å². The highest BCUT2D eigenvalue weighted by Crippen LogP contribution is 2.23. The van der Waals surface area contributed by atoms with Crippen LogP contribution < -0.4 is 11.1 Å². The summed E-state index contributed by atoms with van der Waals surface area (Å²) in [5.41, 5.74) is 5.25. The molecule has 3 N–H and O–H groups in total. The highest BCUT2D eigenvalue weighted by Gasteiger charge is 2.14. The van der Waals surface area contributed by atoms with Gasteiger partial charge in [0.25, 0.3) is 0 Å². The molecule has 23 heavy (non-hydrogen) atoms. The van der Waals surface area contributed by atoms with E-state index in [0.29, 0.717) is 16.8 Å². The van der Waals surface area contributed by atoms with Crippen molar-refractivity contribution >= 4 is 39.2 Å². The zero-order valence-electron chi connectivity index (χ0n) is 12.7. The lowest BCUT2D eigenvalue weighted by atomic mass is 10.0. The molecule has 0 aromatic carbocycles. The highest BCUT2D eigenvalue weighted by atomic mass is 79.9. The number of nitrogens with one attached hydrogen (secondary N) is 1. The molecule has 0 bridgehead atoms. The summed E-state index contributed by atoms with van der Waals surface area (Å²) >= 11 is 9.38. The van der Waals surface area contributed by atoms with E-state index in [2.05, 4.69) is 31.2 Å². The van der Waals surface area contributed by atoms with Crippen LogP contribution in [0.5, 0.6) is 0 Å². The maximum absolute atomic E-state index is 6.04. The lowest BCUT2D eigenvalue weighted by Gasteiger charge is -2.22. The first kappa shape index (κ1) is 18.0. The van der Waals surface area contributed by atoms with E-state index in [1.165, 1.54) is 0 Å². The fourth-order valence-corrected chi connectivity index (χ4v) is 2.59. The first-order valence-corrected chi connectivity index (χ1v) is 8.62. The van der Waals surface area contributed by atoms with Crippen molar-refractivity contribution in [2.45, 2.75) is 12.8 Å². The second kappa shape index (κ2) is 9.70. The molecule has 0 amide bonds. The Kier molecular flexibility index (Phi) is 7.58. The van der Waals surface area contributed by atoms with Crippen LogP contribution in [0, 0.1) is 5.92 Å². The van der Waals surface area contributed by atoms with Gasteiger partial charge in [0.1, 0.15) is 16.2 Å². The zero-order chi connectivity index (χ0) is 16.5. The van der Waals surface area contributed by atoms with Gasteiger partial charge in [0.2, 0.25) is 0 Å². The van der Waals surface area contributed by atoms with Crippen molar-refractivity contribution < 1.29 is 4.74 Å². The topological polar surface area (TPSA) is 73.1 Å². The van der Waals surface area contributed by atoms with Crippen molar-refractivity contribution in [1.29, 1.82) is 0 Å². The number of anilines is 2. The fourth-order valence-electron chi connectivity index (χ4n) is 2.11. The van der Waals surface area contributed by atoms with Crippen molar-refractivity contribution in [2.24, 2.45) is 5.92 Å². The molecule has 1 aliphatic rings. The Morgan fingerprint density at radius 2 is 2.04 bits per heavy atom. The minimum Gasteiger partial charge on any atom is -0.384 e. The average molecular weight is 400 g/mol. The summed E-state index contributed by atoms with van der Waals surface area (Å²) in [7, 11) is 0. The largest absolute Gasteiger partial charge is 0.384 e. The summed E-state index contributed by atoms with van der Waals surface area (Å²) < 4.78 is 6.12. The number of ether oxygens (including phenoxy) is 1. The number of rotatable bonds is 3. The standard InChI is InChI=1S/C11H14BrClN2O.C5H6N2/c12-10-2-1-9(13)11(15-10)14-7-8-3-5-16-6-4-8;6-5-3-1-2-4-7-5/h1-2,8H,3-7H2,(H,14,15);1-4H,(H2,6,7). The quantitative estimate of drug-likeness (QED) is 0.763. The third-order valence-corrected chi connectivity index (χ3v) is 4.15. The van der Waals surface area contributed by atoms with Crippen LogP contribution in [-0.4, -0.2) is 29.7 Å². The van der Waals surface area contributed by atoms with E-state index >= 15 is 0 Å². The van der Waals surface area contributed by atoms with Crippen LogP contribution in [-0.2, 0) is 4.74 Å². The molecule has 124 valence electrons. The van der Waals surface area contributed by atoms with Gasteiger partial charge in [0.15, 0.2) is 0 Å². The maximum atomic E-state index is 6.04. The number of pyridine rings is 2. The molecule has 3 heterocycles. The summed E-state index contributed by atoms with van der Waals surface area (Å²) in [5.74, 6) is 1.98. The molecular formula is C16H20BrClN4O. The summed E-state index contributed by atoms with van der Waals surface area (Å²) in [5, 5.41) is 3.96. The van der Waals surface area contributed by atoms with Crippen LogP contribution in [0.25, 0.3) is 0 Å². The molecule has 3 rings (SSSR count). The van der Waals surface area contributed by atoms with E-state index in [1.807, 2.05) is 24.3 Å². The van der Waals surface area contributed by atoms with Gasteiger partial charge in [0, 0.05) is 26.0 Å². The first-order valence-electron chi connectivity index (χ1n) is 7.45. The van der Waals surface area contributed by atoms with E-state index in [9.17, 15) is 0 Å². The molecule has 0 aliphatic carbocycles. The minimum atomic E-state index is 0.572. The SMILES string of the molecule is Clc1ccc(Br)nc1NCC1CCOCC1.Nc1ccccn1. The summed E-state index contributed by atoms with van der Waals surface area (Å²) in [6.07, 6.45) is 3.88. The second-order valence-electron chi connectivity index (χ2n) is 5.16. The molecule has 2 aromatic heterocycles. The van der Waals surface area contributed by atoms with Gasteiger partial charge in [-0.1, -0.05) is 17.7 Å². The molecule has 5 nitrogen and oxygen atoms in total. The maximum Gasteiger partial charge on any atom is 0.146 e. The number of halogens is 2. The molecule has 1 fully saturated rings. The smallest absolute Gasteiger partial charge is 0.146 e. The molecule has 7 heteroatoms. The number of aromatic nitrogens is 2. The molecule has 0 spiro atoms. The number of nitrogens with two attached hydrogens (primary N) is 1. The Hall–Kier alpha value is -1.37. The third-order valence-electron chi connectivity index (χ3n) is 3.40. The monoisotopic (exact) mass is 398 g/mol. The van der Waals surface area contributed by atoms with Crippen molar-refractivity contribution in [3.63, 3.8) is 0 Å². The Bertz CT molecular complexity index is 594. The van der Waals surface area contributed by atoms with Crippen LogP contribution in [0.2, 0.25) is 5.02 Å².